The molecule has 2 bridgehead atoms. The summed E-state index contributed by atoms with van der Waals surface area (Å²) in [7, 11) is 0. The van der Waals surface area contributed by atoms with Gasteiger partial charge in [-0.25, -0.2) is 0 Å². The van der Waals surface area contributed by atoms with Crippen LogP contribution in [0.3, 0.4) is 0 Å². The van der Waals surface area contributed by atoms with Gasteiger partial charge in [-0.2, -0.15) is 0 Å². The first-order valence-corrected chi connectivity index (χ1v) is 4.33. The van der Waals surface area contributed by atoms with E-state index in [0.29, 0.717) is 6.79 Å². The molecule has 3 aliphatic rings. The van der Waals surface area contributed by atoms with E-state index in [1.807, 2.05) is 0 Å². The van der Waals surface area contributed by atoms with Crippen LogP contribution >= 0.6 is 0 Å². The fraction of sp³-hybridized carbons (Fsp3) is 1.00. The molecular weight excluding hydrogens is 142 g/mol. The van der Waals surface area contributed by atoms with Gasteiger partial charge in [-0.15, -0.1) is 0 Å². The first-order valence-electron chi connectivity index (χ1n) is 4.33. The molecule has 3 fully saturated rings. The molecule has 11 heavy (non-hydrogen) atoms. The van der Waals surface area contributed by atoms with E-state index in [1.165, 1.54) is 19.5 Å². The van der Waals surface area contributed by atoms with Crippen LogP contribution in [0.15, 0.2) is 0 Å². The third-order valence-corrected chi connectivity index (χ3v) is 3.28. The van der Waals surface area contributed by atoms with E-state index in [2.05, 4.69) is 4.90 Å². The van der Waals surface area contributed by atoms with Crippen molar-refractivity contribution >= 4 is 0 Å². The average molecular weight is 155 g/mol. The zero-order valence-corrected chi connectivity index (χ0v) is 6.58. The zero-order chi connectivity index (χ0) is 7.31. The number of hydrogen-bond donors (Lipinski definition) is 0. The molecule has 1 spiro atoms. The summed E-state index contributed by atoms with van der Waals surface area (Å²) in [5.74, 6) is 0.755. The van der Waals surface area contributed by atoms with Crippen LogP contribution in [-0.2, 0) is 9.47 Å². The summed E-state index contributed by atoms with van der Waals surface area (Å²) < 4.78 is 11.0. The van der Waals surface area contributed by atoms with Gasteiger partial charge in [0.1, 0.15) is 12.4 Å². The van der Waals surface area contributed by atoms with E-state index in [1.54, 1.807) is 0 Å². The fourth-order valence-corrected chi connectivity index (χ4v) is 2.66. The number of ether oxygens (including phenoxy) is 2. The zero-order valence-electron chi connectivity index (χ0n) is 6.58. The maximum atomic E-state index is 5.67. The summed E-state index contributed by atoms with van der Waals surface area (Å²) in [6.45, 7) is 4.97. The van der Waals surface area contributed by atoms with E-state index < -0.39 is 0 Å². The Morgan fingerprint density at radius 3 is 3.00 bits per heavy atom. The minimum Gasteiger partial charge on any atom is -0.352 e. The summed E-state index contributed by atoms with van der Waals surface area (Å²) in [6.07, 6.45) is 1.31. The van der Waals surface area contributed by atoms with Crippen LogP contribution in [0, 0.1) is 5.92 Å². The number of piperidine rings is 1. The highest BCUT2D eigenvalue weighted by Gasteiger charge is 2.53. The predicted molar refractivity (Wildman–Crippen MR) is 39.2 cm³/mol. The minimum atomic E-state index is 0.109. The van der Waals surface area contributed by atoms with Gasteiger partial charge in [0.2, 0.25) is 0 Å². The van der Waals surface area contributed by atoms with Gasteiger partial charge in [0.05, 0.1) is 6.61 Å². The molecule has 3 atom stereocenters. The van der Waals surface area contributed by atoms with Crippen LogP contribution in [-0.4, -0.2) is 43.5 Å². The topological polar surface area (TPSA) is 21.7 Å². The molecule has 0 N–H and O–H groups in total. The smallest absolute Gasteiger partial charge is 0.147 e. The standard InChI is InChI=1S/C8H13NO2/c1-2-9-3-7(1)8(4-9)5-10-6-11-8/h7H,1-6H2. The highest BCUT2D eigenvalue weighted by Crippen LogP contribution is 2.41. The molecule has 3 heterocycles. The van der Waals surface area contributed by atoms with Crippen molar-refractivity contribution in [3.63, 3.8) is 0 Å². The monoisotopic (exact) mass is 155 g/mol. The second kappa shape index (κ2) is 1.97. The van der Waals surface area contributed by atoms with Gasteiger partial charge in [-0.05, 0) is 13.0 Å². The van der Waals surface area contributed by atoms with Crippen LogP contribution in [0.5, 0.6) is 0 Å². The van der Waals surface area contributed by atoms with Crippen molar-refractivity contribution in [3.05, 3.63) is 0 Å². The first kappa shape index (κ1) is 6.40. The Balaban J connectivity index is 1.88. The molecule has 3 heteroatoms. The van der Waals surface area contributed by atoms with Gasteiger partial charge in [0.15, 0.2) is 0 Å². The van der Waals surface area contributed by atoms with Crippen molar-refractivity contribution in [2.24, 2.45) is 5.92 Å². The lowest BCUT2D eigenvalue weighted by atomic mass is 9.88. The van der Waals surface area contributed by atoms with E-state index >= 15 is 0 Å². The Bertz CT molecular complexity index is 177. The molecule has 0 aromatic carbocycles. The van der Waals surface area contributed by atoms with Crippen molar-refractivity contribution in [1.29, 1.82) is 0 Å². The fourth-order valence-electron chi connectivity index (χ4n) is 2.66. The maximum Gasteiger partial charge on any atom is 0.147 e. The molecule has 62 valence electrons. The summed E-state index contributed by atoms with van der Waals surface area (Å²) in [5.41, 5.74) is 0.109. The third-order valence-electron chi connectivity index (χ3n) is 3.28. The molecule has 0 saturated carbocycles. The molecule has 3 nitrogen and oxygen atoms in total. The van der Waals surface area contributed by atoms with Gasteiger partial charge >= 0.3 is 0 Å². The Hall–Kier alpha value is -0.120. The molecule has 0 amide bonds. The second-order valence-electron chi connectivity index (χ2n) is 3.90. The van der Waals surface area contributed by atoms with Gasteiger partial charge in [-0.1, -0.05) is 0 Å². The SMILES string of the molecule is C1OCC2(CN3CCC2C3)O1. The molecular formula is C8H13NO2. The summed E-state index contributed by atoms with van der Waals surface area (Å²) in [4.78, 5) is 2.49. The molecule has 0 aliphatic carbocycles. The van der Waals surface area contributed by atoms with Crippen molar-refractivity contribution < 1.29 is 9.47 Å². The van der Waals surface area contributed by atoms with Crippen molar-refractivity contribution in [2.75, 3.05) is 33.0 Å². The lowest BCUT2D eigenvalue weighted by Crippen LogP contribution is -2.44. The molecule has 3 saturated heterocycles. The average Bonchev–Trinajstić information content (AvgIpc) is 2.64. The lowest BCUT2D eigenvalue weighted by molar-refractivity contribution is -0.0351. The first-order chi connectivity index (χ1) is 5.39. The van der Waals surface area contributed by atoms with Gasteiger partial charge in [0, 0.05) is 19.0 Å². The van der Waals surface area contributed by atoms with Gasteiger partial charge in [-0.3, -0.25) is 4.90 Å². The normalized spacial score (nSPS) is 54.5. The molecule has 0 radical (unpaired) electrons. The van der Waals surface area contributed by atoms with Gasteiger partial charge < -0.3 is 9.47 Å². The summed E-state index contributed by atoms with van der Waals surface area (Å²) in [6, 6.07) is 0. The maximum absolute atomic E-state index is 5.67. The van der Waals surface area contributed by atoms with Crippen molar-refractivity contribution in [2.45, 2.75) is 12.0 Å². The molecule has 3 rings (SSSR count). The Labute approximate surface area is 66.3 Å². The van der Waals surface area contributed by atoms with Crippen LogP contribution in [0.1, 0.15) is 6.42 Å². The summed E-state index contributed by atoms with van der Waals surface area (Å²) >= 11 is 0. The van der Waals surface area contributed by atoms with Crippen LogP contribution in [0.4, 0.5) is 0 Å². The number of hydrogen-bond acceptors (Lipinski definition) is 3. The van der Waals surface area contributed by atoms with E-state index in [4.69, 9.17) is 9.47 Å². The van der Waals surface area contributed by atoms with E-state index in [-0.39, 0.29) is 5.60 Å². The Morgan fingerprint density at radius 2 is 2.45 bits per heavy atom. The number of fused-ring (bicyclic) bond motifs is 3. The number of nitrogens with zero attached hydrogens (tertiary/aromatic N) is 1. The molecule has 0 aromatic heterocycles. The third kappa shape index (κ3) is 0.736. The van der Waals surface area contributed by atoms with Crippen molar-refractivity contribution in [3.8, 4) is 0 Å². The second-order valence-corrected chi connectivity index (χ2v) is 3.90. The predicted octanol–water partition coefficient (Wildman–Crippen LogP) is 0.0650. The molecule has 0 aromatic rings. The molecule has 3 unspecified atom stereocenters. The largest absolute Gasteiger partial charge is 0.352 e. The van der Waals surface area contributed by atoms with Crippen LogP contribution < -0.4 is 0 Å². The van der Waals surface area contributed by atoms with Gasteiger partial charge in [0.25, 0.3) is 0 Å². The van der Waals surface area contributed by atoms with Crippen LogP contribution in [0.25, 0.3) is 0 Å². The highest BCUT2D eigenvalue weighted by molar-refractivity contribution is 5.04. The number of rotatable bonds is 0. The highest BCUT2D eigenvalue weighted by atomic mass is 16.7. The quantitative estimate of drug-likeness (QED) is 0.494. The molecule has 3 aliphatic heterocycles. The lowest BCUT2D eigenvalue weighted by Gasteiger charge is -2.30. The Morgan fingerprint density at radius 1 is 1.45 bits per heavy atom. The summed E-state index contributed by atoms with van der Waals surface area (Å²) in [5, 5.41) is 0. The minimum absolute atomic E-state index is 0.109. The Kier molecular flexibility index (Phi) is 1.15. The van der Waals surface area contributed by atoms with Crippen LogP contribution in [0.2, 0.25) is 0 Å². The van der Waals surface area contributed by atoms with E-state index in [0.717, 1.165) is 19.1 Å². The van der Waals surface area contributed by atoms with Crippen molar-refractivity contribution in [1.82, 2.24) is 4.90 Å². The van der Waals surface area contributed by atoms with E-state index in [9.17, 15) is 0 Å².